The number of benzene rings is 2. The summed E-state index contributed by atoms with van der Waals surface area (Å²) in [7, 11) is -3.75. The number of carbonyl (C=O) groups excluding carboxylic acids is 2. The number of amides is 2. The van der Waals surface area contributed by atoms with E-state index in [1.165, 1.54) is 4.90 Å². The lowest BCUT2D eigenvalue weighted by Crippen LogP contribution is -2.51. The van der Waals surface area contributed by atoms with Crippen molar-refractivity contribution < 1.29 is 18.0 Å². The van der Waals surface area contributed by atoms with Crippen molar-refractivity contribution in [3.05, 3.63) is 63.6 Å². The molecule has 2 aromatic carbocycles. The number of para-hydroxylation sites is 1. The lowest BCUT2D eigenvalue weighted by atomic mass is 10.1. The summed E-state index contributed by atoms with van der Waals surface area (Å²) < 4.78 is 27.5. The number of halogens is 1. The number of nitrogens with zero attached hydrogens (tertiary/aromatic N) is 2. The Morgan fingerprint density at radius 2 is 1.65 bits per heavy atom. The van der Waals surface area contributed by atoms with E-state index in [1.807, 2.05) is 63.2 Å². The molecule has 9 heteroatoms. The highest BCUT2D eigenvalue weighted by Gasteiger charge is 2.31. The maximum atomic E-state index is 13.6. The molecule has 0 saturated heterocycles. The predicted octanol–water partition coefficient (Wildman–Crippen LogP) is 4.17. The van der Waals surface area contributed by atoms with Crippen molar-refractivity contribution in [3.63, 3.8) is 0 Å². The first-order chi connectivity index (χ1) is 16.0. The first-order valence-electron chi connectivity index (χ1n) is 11.3. The fraction of sp³-hybridized carbons (Fsp3) is 0.440. The van der Waals surface area contributed by atoms with Gasteiger partial charge in [-0.25, -0.2) is 8.42 Å². The van der Waals surface area contributed by atoms with Crippen LogP contribution in [-0.4, -0.2) is 50.5 Å². The molecule has 0 aliphatic rings. The van der Waals surface area contributed by atoms with Gasteiger partial charge in [0.1, 0.15) is 12.6 Å². The molecule has 34 heavy (non-hydrogen) atoms. The normalized spacial score (nSPS) is 12.2. The van der Waals surface area contributed by atoms with Gasteiger partial charge in [-0.3, -0.25) is 13.9 Å². The molecule has 2 rings (SSSR count). The van der Waals surface area contributed by atoms with Gasteiger partial charge in [-0.1, -0.05) is 59.6 Å². The molecule has 0 fully saturated rings. The SMILES string of the molecule is CCCCNC(=O)[C@H](C)N(Cc1ccc(Br)cc1)C(=O)CN(c1c(C)cccc1C)S(C)(=O)=O. The Labute approximate surface area is 211 Å². The zero-order valence-corrected chi connectivity index (χ0v) is 22.9. The molecular formula is C25H34BrN3O4S. The maximum absolute atomic E-state index is 13.6. The Kier molecular flexibility index (Phi) is 10.1. The number of hydrogen-bond donors (Lipinski definition) is 1. The van der Waals surface area contributed by atoms with Crippen LogP contribution < -0.4 is 9.62 Å². The van der Waals surface area contributed by atoms with E-state index in [4.69, 9.17) is 0 Å². The van der Waals surface area contributed by atoms with Gasteiger partial charge in [-0.15, -0.1) is 0 Å². The highest BCUT2D eigenvalue weighted by atomic mass is 79.9. The standard InChI is InChI=1S/C25H34BrN3O4S/c1-6-7-15-27-25(31)20(4)28(16-21-11-13-22(26)14-12-21)23(30)17-29(34(5,32)33)24-18(2)9-8-10-19(24)3/h8-14,20H,6-7,15-17H2,1-5H3,(H,27,31)/t20-/m0/s1. The minimum Gasteiger partial charge on any atom is -0.354 e. The molecule has 7 nitrogen and oxygen atoms in total. The van der Waals surface area contributed by atoms with Crippen LogP contribution in [0, 0.1) is 13.8 Å². The van der Waals surface area contributed by atoms with Gasteiger partial charge in [0.15, 0.2) is 0 Å². The fourth-order valence-electron chi connectivity index (χ4n) is 3.68. The number of aryl methyl sites for hydroxylation is 2. The van der Waals surface area contributed by atoms with Gasteiger partial charge in [0, 0.05) is 17.6 Å². The van der Waals surface area contributed by atoms with Gasteiger partial charge in [-0.2, -0.15) is 0 Å². The van der Waals surface area contributed by atoms with E-state index in [1.54, 1.807) is 6.92 Å². The third kappa shape index (κ3) is 7.56. The van der Waals surface area contributed by atoms with Crippen LogP contribution >= 0.6 is 15.9 Å². The Hall–Kier alpha value is -2.39. The molecule has 0 spiro atoms. The van der Waals surface area contributed by atoms with Crippen molar-refractivity contribution in [3.8, 4) is 0 Å². The zero-order chi connectivity index (χ0) is 25.5. The molecule has 0 heterocycles. The highest BCUT2D eigenvalue weighted by Crippen LogP contribution is 2.27. The van der Waals surface area contributed by atoms with Crippen molar-refractivity contribution in [1.29, 1.82) is 0 Å². The van der Waals surface area contributed by atoms with Crippen molar-refractivity contribution in [2.45, 2.75) is 53.1 Å². The molecule has 186 valence electrons. The summed E-state index contributed by atoms with van der Waals surface area (Å²) in [5.74, 6) is -0.717. The molecular weight excluding hydrogens is 518 g/mol. The smallest absolute Gasteiger partial charge is 0.244 e. The predicted molar refractivity (Wildman–Crippen MR) is 140 cm³/mol. The van der Waals surface area contributed by atoms with Crippen LogP contribution in [0.2, 0.25) is 0 Å². The number of nitrogens with one attached hydrogen (secondary N) is 1. The fourth-order valence-corrected chi connectivity index (χ4v) is 4.91. The monoisotopic (exact) mass is 551 g/mol. The largest absolute Gasteiger partial charge is 0.354 e. The minimum absolute atomic E-state index is 0.179. The van der Waals surface area contributed by atoms with Crippen LogP contribution in [0.5, 0.6) is 0 Å². The molecule has 2 amide bonds. The van der Waals surface area contributed by atoms with Crippen molar-refractivity contribution >= 4 is 43.5 Å². The van der Waals surface area contributed by atoms with E-state index in [9.17, 15) is 18.0 Å². The van der Waals surface area contributed by atoms with Gasteiger partial charge >= 0.3 is 0 Å². The molecule has 0 aromatic heterocycles. The maximum Gasteiger partial charge on any atom is 0.244 e. The molecule has 0 aliphatic heterocycles. The summed E-state index contributed by atoms with van der Waals surface area (Å²) >= 11 is 3.40. The molecule has 0 unspecified atom stereocenters. The summed E-state index contributed by atoms with van der Waals surface area (Å²) in [5.41, 5.74) is 2.83. The quantitative estimate of drug-likeness (QED) is 0.424. The van der Waals surface area contributed by atoms with E-state index in [0.717, 1.165) is 44.6 Å². The van der Waals surface area contributed by atoms with Crippen LogP contribution in [0.4, 0.5) is 5.69 Å². The van der Waals surface area contributed by atoms with Crippen LogP contribution in [-0.2, 0) is 26.2 Å². The summed E-state index contributed by atoms with van der Waals surface area (Å²) in [6.45, 7) is 7.64. The van der Waals surface area contributed by atoms with Crippen LogP contribution in [0.15, 0.2) is 46.9 Å². The van der Waals surface area contributed by atoms with Crippen molar-refractivity contribution in [2.75, 3.05) is 23.7 Å². The van der Waals surface area contributed by atoms with E-state index in [0.29, 0.717) is 12.2 Å². The highest BCUT2D eigenvalue weighted by molar-refractivity contribution is 9.10. The Morgan fingerprint density at radius 1 is 1.06 bits per heavy atom. The number of carbonyl (C=O) groups is 2. The van der Waals surface area contributed by atoms with Gasteiger partial charge in [0.25, 0.3) is 0 Å². The van der Waals surface area contributed by atoms with E-state index in [-0.39, 0.29) is 12.5 Å². The van der Waals surface area contributed by atoms with Crippen molar-refractivity contribution in [1.82, 2.24) is 10.2 Å². The molecule has 0 saturated carbocycles. The second-order valence-electron chi connectivity index (χ2n) is 8.48. The first kappa shape index (κ1) is 27.9. The third-order valence-corrected chi connectivity index (χ3v) is 7.27. The Morgan fingerprint density at radius 3 is 2.18 bits per heavy atom. The third-order valence-electron chi connectivity index (χ3n) is 5.63. The average molecular weight is 553 g/mol. The molecule has 0 bridgehead atoms. The Balaban J connectivity index is 2.39. The number of hydrogen-bond acceptors (Lipinski definition) is 4. The number of rotatable bonds is 11. The summed E-state index contributed by atoms with van der Waals surface area (Å²) in [5, 5.41) is 2.87. The summed E-state index contributed by atoms with van der Waals surface area (Å²) in [6.07, 6.45) is 2.87. The molecule has 2 aromatic rings. The average Bonchev–Trinajstić information content (AvgIpc) is 2.76. The summed E-state index contributed by atoms with van der Waals surface area (Å²) in [6, 6.07) is 12.2. The Bertz CT molecular complexity index is 1080. The number of anilines is 1. The number of unbranched alkanes of at least 4 members (excludes halogenated alkanes) is 1. The van der Waals surface area contributed by atoms with E-state index in [2.05, 4.69) is 21.2 Å². The molecule has 0 aliphatic carbocycles. The van der Waals surface area contributed by atoms with Gasteiger partial charge in [0.2, 0.25) is 21.8 Å². The van der Waals surface area contributed by atoms with E-state index < -0.39 is 28.5 Å². The molecule has 0 radical (unpaired) electrons. The van der Waals surface area contributed by atoms with Crippen LogP contribution in [0.25, 0.3) is 0 Å². The van der Waals surface area contributed by atoms with Gasteiger partial charge in [-0.05, 0) is 56.0 Å². The van der Waals surface area contributed by atoms with Crippen molar-refractivity contribution in [2.24, 2.45) is 0 Å². The topological polar surface area (TPSA) is 86.8 Å². The van der Waals surface area contributed by atoms with Gasteiger partial charge in [0.05, 0.1) is 11.9 Å². The second-order valence-corrected chi connectivity index (χ2v) is 11.3. The van der Waals surface area contributed by atoms with Crippen LogP contribution in [0.3, 0.4) is 0 Å². The lowest BCUT2D eigenvalue weighted by Gasteiger charge is -2.32. The molecule has 1 N–H and O–H groups in total. The summed E-state index contributed by atoms with van der Waals surface area (Å²) in [4.78, 5) is 27.8. The van der Waals surface area contributed by atoms with E-state index >= 15 is 0 Å². The second kappa shape index (κ2) is 12.4. The van der Waals surface area contributed by atoms with Gasteiger partial charge < -0.3 is 10.2 Å². The zero-order valence-electron chi connectivity index (χ0n) is 20.5. The minimum atomic E-state index is -3.75. The number of sulfonamides is 1. The first-order valence-corrected chi connectivity index (χ1v) is 13.9. The lowest BCUT2D eigenvalue weighted by molar-refractivity contribution is -0.139. The molecule has 1 atom stereocenters. The van der Waals surface area contributed by atoms with Crippen LogP contribution in [0.1, 0.15) is 43.4 Å².